The number of carbonyl (C=O) groups is 1. The van der Waals surface area contributed by atoms with Crippen molar-refractivity contribution in [3.8, 4) is 11.6 Å². The minimum Gasteiger partial charge on any atom is -0.439 e. The van der Waals surface area contributed by atoms with E-state index >= 15 is 0 Å². The number of aromatic amines is 1. The second-order valence-corrected chi connectivity index (χ2v) is 6.50. The molecule has 0 bridgehead atoms. The monoisotopic (exact) mass is 401 g/mol. The van der Waals surface area contributed by atoms with Gasteiger partial charge in [-0.25, -0.2) is 9.37 Å². The van der Waals surface area contributed by atoms with Gasteiger partial charge < -0.3 is 10.1 Å². The maximum absolute atomic E-state index is 13.0. The Bertz CT molecular complexity index is 1000. The molecule has 0 aliphatic rings. The molecule has 2 N–H and O–H groups in total. The van der Waals surface area contributed by atoms with E-state index in [-0.39, 0.29) is 18.3 Å². The van der Waals surface area contributed by atoms with E-state index in [4.69, 9.17) is 17.0 Å². The number of benzene rings is 1. The van der Waals surface area contributed by atoms with Gasteiger partial charge in [0.15, 0.2) is 4.77 Å². The number of ether oxygens (including phenoxy) is 1. The lowest BCUT2D eigenvalue weighted by atomic mass is 10.2. The molecule has 0 fully saturated rings. The highest BCUT2D eigenvalue weighted by molar-refractivity contribution is 7.71. The summed E-state index contributed by atoms with van der Waals surface area (Å²) in [6, 6.07) is 9.17. The molecule has 28 heavy (non-hydrogen) atoms. The molecule has 9 heteroatoms. The van der Waals surface area contributed by atoms with Crippen molar-refractivity contribution >= 4 is 18.1 Å². The number of amides is 1. The van der Waals surface area contributed by atoms with Gasteiger partial charge in [0.05, 0.1) is 0 Å². The predicted molar refractivity (Wildman–Crippen MR) is 104 cm³/mol. The molecule has 0 aliphatic heterocycles. The van der Waals surface area contributed by atoms with Crippen LogP contribution in [0.3, 0.4) is 0 Å². The topological polar surface area (TPSA) is 84.8 Å². The largest absolute Gasteiger partial charge is 0.439 e. The predicted octanol–water partition coefficient (Wildman–Crippen LogP) is 3.54. The smallest absolute Gasteiger partial charge is 0.240 e. The molecule has 1 aromatic carbocycles. The van der Waals surface area contributed by atoms with Crippen molar-refractivity contribution in [1.82, 2.24) is 25.1 Å². The van der Waals surface area contributed by atoms with Crippen molar-refractivity contribution in [2.24, 2.45) is 0 Å². The zero-order valence-electron chi connectivity index (χ0n) is 15.3. The van der Waals surface area contributed by atoms with E-state index in [2.05, 4.69) is 20.5 Å². The molecule has 2 heterocycles. The Morgan fingerprint density at radius 1 is 1.32 bits per heavy atom. The maximum Gasteiger partial charge on any atom is 0.240 e. The van der Waals surface area contributed by atoms with Crippen molar-refractivity contribution in [3.63, 3.8) is 0 Å². The van der Waals surface area contributed by atoms with Crippen molar-refractivity contribution in [2.45, 2.75) is 32.9 Å². The van der Waals surface area contributed by atoms with Crippen molar-refractivity contribution in [1.29, 1.82) is 0 Å². The number of pyridine rings is 1. The molecule has 3 aromatic rings. The van der Waals surface area contributed by atoms with Crippen LogP contribution < -0.4 is 10.1 Å². The first-order valence-electron chi connectivity index (χ1n) is 8.84. The van der Waals surface area contributed by atoms with Gasteiger partial charge in [0, 0.05) is 25.2 Å². The fourth-order valence-electron chi connectivity index (χ4n) is 2.57. The molecule has 0 saturated carbocycles. The molecular formula is C19H20FN5O2S. The van der Waals surface area contributed by atoms with Crippen LogP contribution in [0.4, 0.5) is 4.39 Å². The first kappa shape index (κ1) is 19.7. The second-order valence-electron chi connectivity index (χ2n) is 6.12. The zero-order valence-corrected chi connectivity index (χ0v) is 16.1. The lowest BCUT2D eigenvalue weighted by Crippen LogP contribution is -2.28. The maximum atomic E-state index is 13.0. The van der Waals surface area contributed by atoms with Crippen LogP contribution in [0.2, 0.25) is 0 Å². The molecule has 3 rings (SSSR count). The van der Waals surface area contributed by atoms with Crippen LogP contribution in [0, 0.1) is 10.6 Å². The summed E-state index contributed by atoms with van der Waals surface area (Å²) in [7, 11) is 0. The summed E-state index contributed by atoms with van der Waals surface area (Å²) in [5.41, 5.74) is 0.824. The van der Waals surface area contributed by atoms with E-state index in [1.165, 1.54) is 24.3 Å². The number of rotatable bonds is 8. The third kappa shape index (κ3) is 5.23. The minimum absolute atomic E-state index is 0.106. The molecule has 0 aliphatic carbocycles. The van der Waals surface area contributed by atoms with Gasteiger partial charge in [-0.2, -0.15) is 5.10 Å². The first-order chi connectivity index (χ1) is 13.5. The zero-order chi connectivity index (χ0) is 19.9. The van der Waals surface area contributed by atoms with Crippen LogP contribution in [-0.4, -0.2) is 25.7 Å². The number of nitrogens with zero attached hydrogens (tertiary/aromatic N) is 3. The van der Waals surface area contributed by atoms with Gasteiger partial charge in [0.1, 0.15) is 23.9 Å². The number of halogens is 1. The Morgan fingerprint density at radius 3 is 2.86 bits per heavy atom. The molecule has 1 amide bonds. The number of H-pyrrole nitrogens is 1. The lowest BCUT2D eigenvalue weighted by molar-refractivity contribution is -0.121. The van der Waals surface area contributed by atoms with Gasteiger partial charge in [0.2, 0.25) is 11.8 Å². The number of nitrogens with one attached hydrogen (secondary N) is 2. The summed E-state index contributed by atoms with van der Waals surface area (Å²) >= 11 is 5.19. The third-order valence-corrected chi connectivity index (χ3v) is 4.25. The first-order valence-corrected chi connectivity index (χ1v) is 9.25. The van der Waals surface area contributed by atoms with Crippen LogP contribution in [-0.2, 0) is 24.3 Å². The summed E-state index contributed by atoms with van der Waals surface area (Å²) in [6.07, 6.45) is 3.25. The molecule has 0 saturated heterocycles. The standard InChI is InChI=1S/C19H20FN5O2S/c1-2-3-16-23-24-19(28)25(16)12-17(26)22-11-13-8-9-21-18(10-13)27-15-6-4-14(20)5-7-15/h4-10H,2-3,11-12H2,1H3,(H,22,26)(H,24,28). The van der Waals surface area contributed by atoms with Crippen molar-refractivity contribution < 1.29 is 13.9 Å². The van der Waals surface area contributed by atoms with Crippen LogP contribution in [0.15, 0.2) is 42.6 Å². The van der Waals surface area contributed by atoms with Crippen molar-refractivity contribution in [3.05, 3.63) is 64.6 Å². The highest BCUT2D eigenvalue weighted by Gasteiger charge is 2.10. The molecule has 0 spiro atoms. The Labute approximate surface area is 166 Å². The Hall–Kier alpha value is -3.07. The average Bonchev–Trinajstić information content (AvgIpc) is 3.02. The molecule has 0 radical (unpaired) electrons. The Kier molecular flexibility index (Phi) is 6.49. The van der Waals surface area contributed by atoms with Gasteiger partial charge in [0.25, 0.3) is 0 Å². The lowest BCUT2D eigenvalue weighted by Gasteiger charge is -2.09. The molecule has 146 valence electrons. The highest BCUT2D eigenvalue weighted by Crippen LogP contribution is 2.20. The fraction of sp³-hybridized carbons (Fsp3) is 0.263. The van der Waals surface area contributed by atoms with Gasteiger partial charge in [-0.05, 0) is 54.5 Å². The second kappa shape index (κ2) is 9.23. The molecule has 0 atom stereocenters. The van der Waals surface area contributed by atoms with E-state index in [0.717, 1.165) is 24.2 Å². The Balaban J connectivity index is 1.58. The summed E-state index contributed by atoms with van der Waals surface area (Å²) in [4.78, 5) is 16.4. The SMILES string of the molecule is CCCc1n[nH]c(=S)n1CC(=O)NCc1ccnc(Oc2ccc(F)cc2)c1. The molecule has 0 unspecified atom stereocenters. The summed E-state index contributed by atoms with van der Waals surface area (Å²) < 4.78 is 20.7. The van der Waals surface area contributed by atoms with E-state index in [1.54, 1.807) is 22.9 Å². The van der Waals surface area contributed by atoms with E-state index in [0.29, 0.717) is 22.9 Å². The van der Waals surface area contributed by atoms with E-state index < -0.39 is 0 Å². The summed E-state index contributed by atoms with van der Waals surface area (Å²) in [6.45, 7) is 2.46. The van der Waals surface area contributed by atoms with Crippen LogP contribution in [0.5, 0.6) is 11.6 Å². The molecule has 2 aromatic heterocycles. The van der Waals surface area contributed by atoms with Gasteiger partial charge >= 0.3 is 0 Å². The van der Waals surface area contributed by atoms with E-state index in [9.17, 15) is 9.18 Å². The number of aromatic nitrogens is 4. The van der Waals surface area contributed by atoms with E-state index in [1.807, 2.05) is 6.92 Å². The summed E-state index contributed by atoms with van der Waals surface area (Å²) in [5, 5.41) is 9.73. The number of carbonyl (C=O) groups excluding carboxylic acids is 1. The average molecular weight is 401 g/mol. The van der Waals surface area contributed by atoms with Crippen LogP contribution in [0.25, 0.3) is 0 Å². The minimum atomic E-state index is -0.336. The quantitative estimate of drug-likeness (QED) is 0.564. The molecular weight excluding hydrogens is 381 g/mol. The van der Waals surface area contributed by atoms with Crippen molar-refractivity contribution in [2.75, 3.05) is 0 Å². The number of aryl methyl sites for hydroxylation is 1. The number of hydrogen-bond acceptors (Lipinski definition) is 5. The van der Waals surface area contributed by atoms with Gasteiger partial charge in [-0.15, -0.1) is 0 Å². The molecule has 7 nitrogen and oxygen atoms in total. The summed E-state index contributed by atoms with van der Waals surface area (Å²) in [5.74, 6) is 1.10. The van der Waals surface area contributed by atoms with Gasteiger partial charge in [-0.1, -0.05) is 6.92 Å². The van der Waals surface area contributed by atoms with Crippen LogP contribution in [0.1, 0.15) is 24.7 Å². The third-order valence-electron chi connectivity index (χ3n) is 3.94. The number of hydrogen-bond donors (Lipinski definition) is 2. The highest BCUT2D eigenvalue weighted by atomic mass is 32.1. The van der Waals surface area contributed by atoms with Crippen LogP contribution >= 0.6 is 12.2 Å². The Morgan fingerprint density at radius 2 is 2.11 bits per heavy atom. The van der Waals surface area contributed by atoms with Gasteiger partial charge in [-0.3, -0.25) is 14.5 Å². The normalized spacial score (nSPS) is 10.6. The fourth-order valence-corrected chi connectivity index (χ4v) is 2.78.